The Balaban J connectivity index is 1.66. The number of carbonyl (C=O) groups excluding carboxylic acids is 1. The summed E-state index contributed by atoms with van der Waals surface area (Å²) in [6.07, 6.45) is 3.17. The maximum absolute atomic E-state index is 12.2. The Morgan fingerprint density at radius 1 is 1.13 bits per heavy atom. The second kappa shape index (κ2) is 6.57. The van der Waals surface area contributed by atoms with Crippen molar-refractivity contribution in [1.29, 1.82) is 0 Å². The summed E-state index contributed by atoms with van der Waals surface area (Å²) in [6, 6.07) is 13.3. The lowest BCUT2D eigenvalue weighted by Crippen LogP contribution is -1.97. The van der Waals surface area contributed by atoms with Crippen LogP contribution in [0.25, 0.3) is 0 Å². The quantitative estimate of drug-likeness (QED) is 0.659. The average Bonchev–Trinajstić information content (AvgIpc) is 3.02. The molecule has 0 spiro atoms. The number of fused-ring (bicyclic) bond motifs is 1. The molecule has 23 heavy (non-hydrogen) atoms. The van der Waals surface area contributed by atoms with Gasteiger partial charge in [0.05, 0.1) is 0 Å². The molecule has 0 unspecified atom stereocenters. The van der Waals surface area contributed by atoms with Gasteiger partial charge in [0.2, 0.25) is 6.79 Å². The van der Waals surface area contributed by atoms with Gasteiger partial charge in [-0.2, -0.15) is 0 Å². The van der Waals surface area contributed by atoms with Crippen molar-refractivity contribution in [3.05, 3.63) is 65.9 Å². The Morgan fingerprint density at radius 3 is 2.78 bits per heavy atom. The lowest BCUT2D eigenvalue weighted by Gasteiger charge is -2.07. The summed E-state index contributed by atoms with van der Waals surface area (Å²) in [7, 11) is 0. The summed E-state index contributed by atoms with van der Waals surface area (Å²) in [5.41, 5.74) is 2.79. The number of carbonyl (C=O) groups is 1. The largest absolute Gasteiger partial charge is 0.454 e. The van der Waals surface area contributed by atoms with Crippen molar-refractivity contribution < 1.29 is 14.3 Å². The van der Waals surface area contributed by atoms with Gasteiger partial charge in [-0.3, -0.25) is 4.79 Å². The summed E-state index contributed by atoms with van der Waals surface area (Å²) in [5, 5.41) is 3.14. The van der Waals surface area contributed by atoms with Crippen molar-refractivity contribution in [2.45, 2.75) is 19.8 Å². The van der Waals surface area contributed by atoms with Crippen LogP contribution in [0.15, 0.2) is 54.7 Å². The normalized spacial score (nSPS) is 12.8. The standard InChI is InChI=1S/C19H19NO3/c1-13(2)14-4-3-5-16(10-14)20-9-8-17(21)15-6-7-18-19(11-15)23-12-22-18/h3-11,13,20H,12H2,1-2H3/b9-8+. The smallest absolute Gasteiger partial charge is 0.231 e. The highest BCUT2D eigenvalue weighted by atomic mass is 16.7. The summed E-state index contributed by atoms with van der Waals surface area (Å²) >= 11 is 0. The van der Waals surface area contributed by atoms with E-state index in [1.165, 1.54) is 11.6 Å². The minimum Gasteiger partial charge on any atom is -0.454 e. The van der Waals surface area contributed by atoms with E-state index in [2.05, 4.69) is 31.3 Å². The fourth-order valence-corrected chi connectivity index (χ4v) is 2.35. The number of hydrogen-bond donors (Lipinski definition) is 1. The molecule has 0 aromatic heterocycles. The molecule has 1 aliphatic heterocycles. The Hall–Kier alpha value is -2.75. The molecule has 0 saturated carbocycles. The maximum atomic E-state index is 12.2. The molecule has 0 amide bonds. The molecular weight excluding hydrogens is 290 g/mol. The van der Waals surface area contributed by atoms with Gasteiger partial charge < -0.3 is 14.8 Å². The predicted molar refractivity (Wildman–Crippen MR) is 90.2 cm³/mol. The first-order valence-corrected chi connectivity index (χ1v) is 7.60. The number of anilines is 1. The third-order valence-corrected chi connectivity index (χ3v) is 3.70. The highest BCUT2D eigenvalue weighted by Crippen LogP contribution is 2.32. The molecule has 2 aromatic carbocycles. The molecule has 0 fully saturated rings. The zero-order valence-electron chi connectivity index (χ0n) is 13.2. The maximum Gasteiger partial charge on any atom is 0.231 e. The van der Waals surface area contributed by atoms with Gasteiger partial charge in [-0.25, -0.2) is 0 Å². The van der Waals surface area contributed by atoms with E-state index < -0.39 is 0 Å². The summed E-state index contributed by atoms with van der Waals surface area (Å²) in [5.74, 6) is 1.67. The Morgan fingerprint density at radius 2 is 1.96 bits per heavy atom. The average molecular weight is 309 g/mol. The molecule has 0 atom stereocenters. The van der Waals surface area contributed by atoms with Crippen molar-refractivity contribution in [2.75, 3.05) is 12.1 Å². The Bertz CT molecular complexity index is 750. The zero-order valence-corrected chi connectivity index (χ0v) is 13.2. The van der Waals surface area contributed by atoms with E-state index in [0.29, 0.717) is 23.0 Å². The van der Waals surface area contributed by atoms with Crippen LogP contribution in [0.1, 0.15) is 35.7 Å². The van der Waals surface area contributed by atoms with Crippen LogP contribution >= 0.6 is 0 Å². The molecule has 0 radical (unpaired) electrons. The number of ether oxygens (including phenoxy) is 2. The topological polar surface area (TPSA) is 47.6 Å². The van der Waals surface area contributed by atoms with Gasteiger partial charge in [-0.1, -0.05) is 26.0 Å². The van der Waals surface area contributed by atoms with E-state index in [-0.39, 0.29) is 12.6 Å². The van der Waals surface area contributed by atoms with Gasteiger partial charge in [0.25, 0.3) is 0 Å². The van der Waals surface area contributed by atoms with E-state index in [1.807, 2.05) is 12.1 Å². The van der Waals surface area contributed by atoms with Crippen LogP contribution in [-0.2, 0) is 0 Å². The molecule has 4 heteroatoms. The molecule has 118 valence electrons. The summed E-state index contributed by atoms with van der Waals surface area (Å²) < 4.78 is 10.5. The Labute approximate surface area is 135 Å². The van der Waals surface area contributed by atoms with E-state index >= 15 is 0 Å². The first-order valence-electron chi connectivity index (χ1n) is 7.60. The summed E-state index contributed by atoms with van der Waals surface area (Å²) in [4.78, 5) is 12.2. The highest BCUT2D eigenvalue weighted by molar-refractivity contribution is 6.05. The van der Waals surface area contributed by atoms with Gasteiger partial charge >= 0.3 is 0 Å². The van der Waals surface area contributed by atoms with Crippen molar-refractivity contribution in [2.24, 2.45) is 0 Å². The van der Waals surface area contributed by atoms with Crippen LogP contribution < -0.4 is 14.8 Å². The fraction of sp³-hybridized carbons (Fsp3) is 0.211. The fourth-order valence-electron chi connectivity index (χ4n) is 2.35. The van der Waals surface area contributed by atoms with Crippen LogP contribution in [0.5, 0.6) is 11.5 Å². The third kappa shape index (κ3) is 3.54. The number of rotatable bonds is 5. The number of ketones is 1. The lowest BCUT2D eigenvalue weighted by atomic mass is 10.0. The molecule has 3 rings (SSSR count). The number of nitrogens with one attached hydrogen (secondary N) is 1. The molecule has 0 aliphatic carbocycles. The molecule has 1 heterocycles. The summed E-state index contributed by atoms with van der Waals surface area (Å²) in [6.45, 7) is 4.51. The Kier molecular flexibility index (Phi) is 4.33. The van der Waals surface area contributed by atoms with Crippen LogP contribution in [0.4, 0.5) is 5.69 Å². The van der Waals surface area contributed by atoms with E-state index in [9.17, 15) is 4.79 Å². The molecule has 0 saturated heterocycles. The molecular formula is C19H19NO3. The van der Waals surface area contributed by atoms with Crippen LogP contribution in [-0.4, -0.2) is 12.6 Å². The molecule has 1 N–H and O–H groups in total. The second-order valence-electron chi connectivity index (χ2n) is 5.69. The minimum atomic E-state index is -0.0872. The second-order valence-corrected chi connectivity index (χ2v) is 5.69. The number of hydrogen-bond acceptors (Lipinski definition) is 4. The first kappa shape index (κ1) is 15.2. The van der Waals surface area contributed by atoms with E-state index in [0.717, 1.165) is 5.69 Å². The van der Waals surface area contributed by atoms with Crippen molar-refractivity contribution in [1.82, 2.24) is 0 Å². The van der Waals surface area contributed by atoms with Gasteiger partial charge in [-0.15, -0.1) is 0 Å². The number of benzene rings is 2. The third-order valence-electron chi connectivity index (χ3n) is 3.70. The minimum absolute atomic E-state index is 0.0872. The van der Waals surface area contributed by atoms with Gasteiger partial charge in [-0.05, 0) is 41.8 Å². The van der Waals surface area contributed by atoms with Crippen molar-refractivity contribution in [3.8, 4) is 11.5 Å². The SMILES string of the molecule is CC(C)c1cccc(N/C=C/C(=O)c2ccc3c(c2)OCO3)c1. The molecule has 0 bridgehead atoms. The van der Waals surface area contributed by atoms with Crippen LogP contribution in [0, 0.1) is 0 Å². The van der Waals surface area contributed by atoms with Gasteiger partial charge in [0, 0.05) is 23.5 Å². The van der Waals surface area contributed by atoms with E-state index in [4.69, 9.17) is 9.47 Å². The van der Waals surface area contributed by atoms with Gasteiger partial charge in [0.15, 0.2) is 17.3 Å². The van der Waals surface area contributed by atoms with E-state index in [1.54, 1.807) is 24.4 Å². The molecule has 4 nitrogen and oxygen atoms in total. The highest BCUT2D eigenvalue weighted by Gasteiger charge is 2.14. The van der Waals surface area contributed by atoms with Crippen LogP contribution in [0.3, 0.4) is 0 Å². The van der Waals surface area contributed by atoms with Crippen molar-refractivity contribution in [3.63, 3.8) is 0 Å². The lowest BCUT2D eigenvalue weighted by molar-refractivity contribution is 0.104. The van der Waals surface area contributed by atoms with Gasteiger partial charge in [0.1, 0.15) is 0 Å². The zero-order chi connectivity index (χ0) is 16.2. The molecule has 1 aliphatic rings. The first-order chi connectivity index (χ1) is 11.1. The predicted octanol–water partition coefficient (Wildman–Crippen LogP) is 4.35. The van der Waals surface area contributed by atoms with Crippen LogP contribution in [0.2, 0.25) is 0 Å². The monoisotopic (exact) mass is 309 g/mol. The number of allylic oxidation sites excluding steroid dienone is 1. The van der Waals surface area contributed by atoms with Crippen molar-refractivity contribution >= 4 is 11.5 Å². The molecule has 2 aromatic rings.